The fourth-order valence-electron chi connectivity index (χ4n) is 1.89. The third-order valence-electron chi connectivity index (χ3n) is 3.25. The number of hydrogen-bond donors (Lipinski definition) is 2. The maximum absolute atomic E-state index is 13.6. The average molecular weight is 273 g/mol. The highest BCUT2D eigenvalue weighted by molar-refractivity contribution is 9.10. The van der Waals surface area contributed by atoms with Crippen LogP contribution in [0, 0.1) is 11.2 Å². The van der Waals surface area contributed by atoms with Crippen molar-refractivity contribution in [3.05, 3.63) is 34.1 Å². The van der Waals surface area contributed by atoms with Gasteiger partial charge in [0.1, 0.15) is 5.82 Å². The summed E-state index contributed by atoms with van der Waals surface area (Å²) in [6.45, 7) is 0.528. The normalized spacial score (nSPS) is 20.0. The van der Waals surface area contributed by atoms with Gasteiger partial charge in [0.2, 0.25) is 0 Å². The lowest BCUT2D eigenvalue weighted by Gasteiger charge is -2.22. The number of rotatable bonds is 3. The van der Waals surface area contributed by atoms with E-state index >= 15 is 0 Å². The highest BCUT2D eigenvalue weighted by Crippen LogP contribution is 2.53. The molecule has 0 aromatic heterocycles. The maximum Gasteiger partial charge on any atom is 0.128 e. The third kappa shape index (κ3) is 1.94. The largest absolute Gasteiger partial charge is 0.330 e. The van der Waals surface area contributed by atoms with Crippen molar-refractivity contribution in [3.8, 4) is 0 Å². The van der Waals surface area contributed by atoms with E-state index in [4.69, 9.17) is 11.5 Å². The van der Waals surface area contributed by atoms with Crippen LogP contribution in [0.1, 0.15) is 24.4 Å². The molecule has 0 heterocycles. The van der Waals surface area contributed by atoms with Gasteiger partial charge in [-0.05, 0) is 37.6 Å². The Balaban J connectivity index is 2.32. The number of nitrogens with two attached hydrogens (primary N) is 2. The molecule has 0 bridgehead atoms. The van der Waals surface area contributed by atoms with Gasteiger partial charge in [-0.2, -0.15) is 0 Å². The zero-order chi connectivity index (χ0) is 11.1. The molecule has 0 saturated heterocycles. The molecule has 0 radical (unpaired) electrons. The molecule has 1 aliphatic rings. The smallest absolute Gasteiger partial charge is 0.128 e. The van der Waals surface area contributed by atoms with E-state index in [9.17, 15) is 4.39 Å². The fraction of sp³-hybridized carbons (Fsp3) is 0.455. The molecule has 1 aromatic rings. The van der Waals surface area contributed by atoms with E-state index in [1.165, 1.54) is 6.07 Å². The van der Waals surface area contributed by atoms with E-state index in [1.54, 1.807) is 12.1 Å². The summed E-state index contributed by atoms with van der Waals surface area (Å²) in [6, 6.07) is 4.56. The molecule has 15 heavy (non-hydrogen) atoms. The first-order valence-corrected chi connectivity index (χ1v) is 5.79. The van der Waals surface area contributed by atoms with Crippen molar-refractivity contribution in [2.45, 2.75) is 18.9 Å². The molecule has 4 heteroatoms. The van der Waals surface area contributed by atoms with Crippen molar-refractivity contribution >= 4 is 15.9 Å². The highest BCUT2D eigenvalue weighted by atomic mass is 79.9. The van der Waals surface area contributed by atoms with Gasteiger partial charge in [-0.15, -0.1) is 0 Å². The molecule has 2 nitrogen and oxygen atoms in total. The van der Waals surface area contributed by atoms with Crippen LogP contribution >= 0.6 is 15.9 Å². The molecule has 1 fully saturated rings. The molecule has 0 aliphatic heterocycles. The molecule has 82 valence electrons. The number of benzene rings is 1. The van der Waals surface area contributed by atoms with Crippen molar-refractivity contribution in [2.75, 3.05) is 6.54 Å². The van der Waals surface area contributed by atoms with Gasteiger partial charge in [0, 0.05) is 21.5 Å². The molecule has 0 spiro atoms. The Morgan fingerprint density at radius 2 is 2.13 bits per heavy atom. The highest BCUT2D eigenvalue weighted by Gasteiger charge is 2.47. The van der Waals surface area contributed by atoms with Crippen LogP contribution in [0.15, 0.2) is 22.7 Å². The van der Waals surface area contributed by atoms with E-state index in [1.807, 2.05) is 0 Å². The zero-order valence-corrected chi connectivity index (χ0v) is 9.93. The molecular weight excluding hydrogens is 259 g/mol. The Morgan fingerprint density at radius 1 is 1.47 bits per heavy atom. The summed E-state index contributed by atoms with van der Waals surface area (Å²) in [5.41, 5.74) is 12.3. The maximum atomic E-state index is 13.6. The van der Waals surface area contributed by atoms with Gasteiger partial charge in [-0.1, -0.05) is 15.9 Å². The molecule has 1 aliphatic carbocycles. The first-order valence-electron chi connectivity index (χ1n) is 5.00. The number of halogens is 2. The summed E-state index contributed by atoms with van der Waals surface area (Å²) in [7, 11) is 0. The summed E-state index contributed by atoms with van der Waals surface area (Å²) in [4.78, 5) is 0. The summed E-state index contributed by atoms with van der Waals surface area (Å²) >= 11 is 3.32. The van der Waals surface area contributed by atoms with Crippen LogP contribution in [-0.4, -0.2) is 6.54 Å². The molecule has 1 unspecified atom stereocenters. The lowest BCUT2D eigenvalue weighted by molar-refractivity contribution is 0.405. The molecule has 1 saturated carbocycles. The minimum absolute atomic E-state index is 0.0678. The first kappa shape index (κ1) is 11.0. The lowest BCUT2D eigenvalue weighted by Crippen LogP contribution is -2.30. The Kier molecular flexibility index (Phi) is 2.83. The van der Waals surface area contributed by atoms with E-state index < -0.39 is 0 Å². The van der Waals surface area contributed by atoms with Gasteiger partial charge in [-0.25, -0.2) is 4.39 Å². The van der Waals surface area contributed by atoms with Gasteiger partial charge in [0.05, 0.1) is 0 Å². The average Bonchev–Trinajstić information content (AvgIpc) is 3.01. The van der Waals surface area contributed by atoms with Crippen molar-refractivity contribution in [3.63, 3.8) is 0 Å². The molecular formula is C11H14BrFN2. The monoisotopic (exact) mass is 272 g/mol. The summed E-state index contributed by atoms with van der Waals surface area (Å²) in [5.74, 6) is -0.245. The minimum Gasteiger partial charge on any atom is -0.330 e. The molecule has 4 N–H and O–H groups in total. The Bertz CT molecular complexity index is 377. The van der Waals surface area contributed by atoms with E-state index in [0.717, 1.165) is 17.3 Å². The van der Waals surface area contributed by atoms with Crippen molar-refractivity contribution < 1.29 is 4.39 Å². The second-order valence-corrected chi connectivity index (χ2v) is 5.13. The topological polar surface area (TPSA) is 52.0 Å². The minimum atomic E-state index is -0.292. The zero-order valence-electron chi connectivity index (χ0n) is 8.34. The van der Waals surface area contributed by atoms with Crippen molar-refractivity contribution in [1.82, 2.24) is 0 Å². The predicted molar refractivity (Wildman–Crippen MR) is 61.7 cm³/mol. The summed E-state index contributed by atoms with van der Waals surface area (Å²) < 4.78 is 14.4. The first-order chi connectivity index (χ1) is 7.09. The SMILES string of the molecule is NCC1(C(N)c2cc(Br)ccc2F)CC1. The molecule has 0 amide bonds. The standard InChI is InChI=1S/C11H14BrFN2/c12-7-1-2-9(13)8(5-7)10(15)11(6-14)3-4-11/h1-2,5,10H,3-4,6,14-15H2. The van der Waals surface area contributed by atoms with Crippen LogP contribution in [0.25, 0.3) is 0 Å². The molecule has 2 rings (SSSR count). The van der Waals surface area contributed by atoms with Crippen LogP contribution in [0.5, 0.6) is 0 Å². The van der Waals surface area contributed by atoms with Crippen molar-refractivity contribution in [2.24, 2.45) is 16.9 Å². The predicted octanol–water partition coefficient (Wildman–Crippen LogP) is 2.33. The van der Waals surface area contributed by atoms with E-state index in [2.05, 4.69) is 15.9 Å². The number of hydrogen-bond acceptors (Lipinski definition) is 2. The fourth-order valence-corrected chi connectivity index (χ4v) is 2.26. The van der Waals surface area contributed by atoms with Crippen molar-refractivity contribution in [1.29, 1.82) is 0 Å². The van der Waals surface area contributed by atoms with Crippen LogP contribution in [-0.2, 0) is 0 Å². The van der Waals surface area contributed by atoms with Crippen LogP contribution in [0.4, 0.5) is 4.39 Å². The second kappa shape index (κ2) is 3.85. The van der Waals surface area contributed by atoms with Crippen LogP contribution in [0.3, 0.4) is 0 Å². The van der Waals surface area contributed by atoms with E-state index in [0.29, 0.717) is 12.1 Å². The Morgan fingerprint density at radius 3 is 2.67 bits per heavy atom. The molecule has 1 aromatic carbocycles. The summed E-state index contributed by atoms with van der Waals surface area (Å²) in [6.07, 6.45) is 1.99. The Hall–Kier alpha value is -0.450. The van der Waals surface area contributed by atoms with E-state index in [-0.39, 0.29) is 17.3 Å². The summed E-state index contributed by atoms with van der Waals surface area (Å²) in [5, 5.41) is 0. The van der Waals surface area contributed by atoms with Gasteiger partial charge >= 0.3 is 0 Å². The van der Waals surface area contributed by atoms with Gasteiger partial charge < -0.3 is 11.5 Å². The quantitative estimate of drug-likeness (QED) is 0.888. The lowest BCUT2D eigenvalue weighted by atomic mass is 9.90. The molecule has 1 atom stereocenters. The van der Waals surface area contributed by atoms with Crippen LogP contribution < -0.4 is 11.5 Å². The Labute approximate surface area is 97.0 Å². The second-order valence-electron chi connectivity index (χ2n) is 4.21. The van der Waals surface area contributed by atoms with Gasteiger partial charge in [-0.3, -0.25) is 0 Å². The van der Waals surface area contributed by atoms with Gasteiger partial charge in [0.25, 0.3) is 0 Å². The van der Waals surface area contributed by atoms with Gasteiger partial charge in [0.15, 0.2) is 0 Å². The van der Waals surface area contributed by atoms with Crippen LogP contribution in [0.2, 0.25) is 0 Å². The third-order valence-corrected chi connectivity index (χ3v) is 3.74.